The Morgan fingerprint density at radius 2 is 1.81 bits per heavy atom. The van der Waals surface area contributed by atoms with Crippen LogP contribution in [0.25, 0.3) is 0 Å². The van der Waals surface area contributed by atoms with Gasteiger partial charge in [0.2, 0.25) is 0 Å². The molecule has 0 spiro atoms. The molecule has 8 heteroatoms. The molecule has 0 radical (unpaired) electrons. The molecule has 0 unspecified atom stereocenters. The predicted octanol–water partition coefficient (Wildman–Crippen LogP) is 2.86. The van der Waals surface area contributed by atoms with Gasteiger partial charge in [-0.25, -0.2) is 14.5 Å². The maximum Gasteiger partial charge on any atom is 0.417 e. The average Bonchev–Trinajstić information content (AvgIpc) is 2.99. The third-order valence-corrected chi connectivity index (χ3v) is 4.33. The Bertz CT molecular complexity index is 811. The molecule has 140 valence electrons. The van der Waals surface area contributed by atoms with Crippen molar-refractivity contribution in [2.75, 3.05) is 13.2 Å². The summed E-state index contributed by atoms with van der Waals surface area (Å²) in [6.07, 6.45) is -0.704. The number of nitrogens with one attached hydrogen (secondary N) is 2. The highest BCUT2D eigenvalue weighted by Gasteiger charge is 2.33. The first-order valence-electron chi connectivity index (χ1n) is 8.34. The molecule has 0 bridgehead atoms. The lowest BCUT2D eigenvalue weighted by atomic mass is 10.1. The van der Waals surface area contributed by atoms with E-state index in [1.807, 2.05) is 42.5 Å². The minimum Gasteiger partial charge on any atom is -0.439 e. The topological polar surface area (TPSA) is 87.7 Å². The van der Waals surface area contributed by atoms with Crippen LogP contribution in [0.1, 0.15) is 17.2 Å². The van der Waals surface area contributed by atoms with Gasteiger partial charge in [0.05, 0.1) is 12.6 Å². The lowest BCUT2D eigenvalue weighted by Crippen LogP contribution is -2.43. The molecule has 0 saturated carbocycles. The monoisotopic (exact) mass is 387 g/mol. The number of nitrogens with zero attached hydrogens (tertiary/aromatic N) is 1. The lowest BCUT2D eigenvalue weighted by molar-refractivity contribution is -0.126. The fraction of sp³-hybridized carbons (Fsp3) is 0.211. The minimum atomic E-state index is -0.704. The highest BCUT2D eigenvalue weighted by Crippen LogP contribution is 2.17. The number of imide groups is 1. The van der Waals surface area contributed by atoms with Gasteiger partial charge in [0.15, 0.2) is 6.61 Å². The van der Waals surface area contributed by atoms with Crippen LogP contribution < -0.4 is 10.6 Å². The van der Waals surface area contributed by atoms with Gasteiger partial charge in [-0.05, 0) is 23.3 Å². The zero-order valence-corrected chi connectivity index (χ0v) is 15.1. The highest BCUT2D eigenvalue weighted by molar-refractivity contribution is 6.30. The molecule has 4 amide bonds. The van der Waals surface area contributed by atoms with Crippen molar-refractivity contribution < 1.29 is 19.1 Å². The van der Waals surface area contributed by atoms with Gasteiger partial charge in [-0.2, -0.15) is 0 Å². The van der Waals surface area contributed by atoms with E-state index in [9.17, 15) is 14.4 Å². The summed E-state index contributed by atoms with van der Waals surface area (Å²) in [5, 5.41) is 6.18. The Morgan fingerprint density at radius 3 is 2.44 bits per heavy atom. The molecule has 0 aromatic heterocycles. The Kier molecular flexibility index (Phi) is 5.93. The Morgan fingerprint density at radius 1 is 1.11 bits per heavy atom. The van der Waals surface area contributed by atoms with Crippen LogP contribution in [-0.2, 0) is 16.1 Å². The maximum absolute atomic E-state index is 12.3. The summed E-state index contributed by atoms with van der Waals surface area (Å²) in [6.45, 7) is 0.0361. The lowest BCUT2D eigenvalue weighted by Gasteiger charge is -2.23. The van der Waals surface area contributed by atoms with Crippen LogP contribution >= 0.6 is 11.6 Å². The molecular formula is C19H18ClN3O4. The predicted molar refractivity (Wildman–Crippen MR) is 99.1 cm³/mol. The van der Waals surface area contributed by atoms with E-state index in [2.05, 4.69) is 10.6 Å². The van der Waals surface area contributed by atoms with Crippen molar-refractivity contribution >= 4 is 29.6 Å². The quantitative estimate of drug-likeness (QED) is 0.797. The number of ether oxygens (including phenoxy) is 1. The number of cyclic esters (lactones) is 1. The molecule has 27 heavy (non-hydrogen) atoms. The molecular weight excluding hydrogens is 370 g/mol. The number of hydrogen-bond acceptors (Lipinski definition) is 4. The van der Waals surface area contributed by atoms with Crippen molar-refractivity contribution in [3.63, 3.8) is 0 Å². The average molecular weight is 388 g/mol. The minimum absolute atomic E-state index is 0.00392. The highest BCUT2D eigenvalue weighted by atomic mass is 35.5. The molecule has 2 aromatic rings. The Balaban J connectivity index is 1.65. The Labute approximate surface area is 161 Å². The third-order valence-electron chi connectivity index (χ3n) is 4.08. The van der Waals surface area contributed by atoms with Gasteiger partial charge in [0, 0.05) is 11.6 Å². The fourth-order valence-electron chi connectivity index (χ4n) is 2.65. The second-order valence-corrected chi connectivity index (χ2v) is 6.41. The number of carbonyl (C=O) groups excluding carboxylic acids is 3. The number of benzene rings is 2. The molecule has 1 aliphatic heterocycles. The molecule has 0 aliphatic carbocycles. The number of hydrogen-bond donors (Lipinski definition) is 2. The number of halogens is 1. The zero-order chi connectivity index (χ0) is 19.2. The largest absolute Gasteiger partial charge is 0.439 e. The van der Waals surface area contributed by atoms with Crippen molar-refractivity contribution in [3.8, 4) is 0 Å². The van der Waals surface area contributed by atoms with Crippen molar-refractivity contribution in [2.24, 2.45) is 0 Å². The summed E-state index contributed by atoms with van der Waals surface area (Å²) in [5.41, 5.74) is 1.66. The summed E-state index contributed by atoms with van der Waals surface area (Å²) in [6, 6.07) is 15.3. The van der Waals surface area contributed by atoms with Crippen molar-refractivity contribution in [1.82, 2.24) is 15.5 Å². The van der Waals surface area contributed by atoms with Crippen LogP contribution in [0.2, 0.25) is 5.02 Å². The first-order valence-corrected chi connectivity index (χ1v) is 8.71. The van der Waals surface area contributed by atoms with Gasteiger partial charge >= 0.3 is 12.1 Å². The van der Waals surface area contributed by atoms with Crippen LogP contribution in [0.4, 0.5) is 9.59 Å². The van der Waals surface area contributed by atoms with E-state index in [0.717, 1.165) is 16.0 Å². The molecule has 2 aromatic carbocycles. The van der Waals surface area contributed by atoms with E-state index in [1.165, 1.54) is 0 Å². The van der Waals surface area contributed by atoms with Crippen LogP contribution in [0.15, 0.2) is 54.6 Å². The maximum atomic E-state index is 12.3. The Hall–Kier alpha value is -3.06. The molecule has 1 heterocycles. The SMILES string of the molecule is O=C(NCc1ccc(Cl)cc1)N[C@@H](CN1C(=O)COC1=O)c1ccccc1. The van der Waals surface area contributed by atoms with Crippen LogP contribution in [-0.4, -0.2) is 36.1 Å². The molecule has 3 rings (SSSR count). The number of rotatable bonds is 6. The first-order chi connectivity index (χ1) is 13.0. The van der Waals surface area contributed by atoms with Gasteiger partial charge in [0.1, 0.15) is 0 Å². The molecule has 1 saturated heterocycles. The van der Waals surface area contributed by atoms with E-state index in [4.69, 9.17) is 16.3 Å². The van der Waals surface area contributed by atoms with E-state index < -0.39 is 24.1 Å². The smallest absolute Gasteiger partial charge is 0.417 e. The number of urea groups is 1. The van der Waals surface area contributed by atoms with Gasteiger partial charge in [-0.15, -0.1) is 0 Å². The van der Waals surface area contributed by atoms with Gasteiger partial charge < -0.3 is 15.4 Å². The second kappa shape index (κ2) is 8.55. The van der Waals surface area contributed by atoms with Gasteiger partial charge in [-0.1, -0.05) is 54.1 Å². The molecule has 2 N–H and O–H groups in total. The summed E-state index contributed by atoms with van der Waals surface area (Å²) >= 11 is 5.85. The van der Waals surface area contributed by atoms with Crippen molar-refractivity contribution in [1.29, 1.82) is 0 Å². The van der Waals surface area contributed by atoms with Crippen molar-refractivity contribution in [3.05, 3.63) is 70.7 Å². The van der Waals surface area contributed by atoms with E-state index >= 15 is 0 Å². The molecule has 1 fully saturated rings. The summed E-state index contributed by atoms with van der Waals surface area (Å²) in [4.78, 5) is 36.9. The van der Waals surface area contributed by atoms with Crippen molar-refractivity contribution in [2.45, 2.75) is 12.6 Å². The zero-order valence-electron chi connectivity index (χ0n) is 14.4. The van der Waals surface area contributed by atoms with E-state index in [-0.39, 0.29) is 13.2 Å². The van der Waals surface area contributed by atoms with Crippen LogP contribution in [0.5, 0.6) is 0 Å². The molecule has 1 aliphatic rings. The number of carbonyl (C=O) groups is 3. The van der Waals surface area contributed by atoms with Gasteiger partial charge in [-0.3, -0.25) is 4.79 Å². The van der Waals surface area contributed by atoms with Crippen LogP contribution in [0, 0.1) is 0 Å². The molecule has 1 atom stereocenters. The molecule has 7 nitrogen and oxygen atoms in total. The standard InChI is InChI=1S/C19H18ClN3O4/c20-15-8-6-13(7-9-15)10-21-18(25)22-16(14-4-2-1-3-5-14)11-23-17(24)12-27-19(23)26/h1-9,16H,10-12H2,(H2,21,22,25)/t16-/m0/s1. The summed E-state index contributed by atoms with van der Waals surface area (Å²) in [5.74, 6) is -0.427. The van der Waals surface area contributed by atoms with Crippen LogP contribution in [0.3, 0.4) is 0 Å². The van der Waals surface area contributed by atoms with E-state index in [1.54, 1.807) is 12.1 Å². The third kappa shape index (κ3) is 4.98. The second-order valence-electron chi connectivity index (χ2n) is 5.98. The summed E-state index contributed by atoms with van der Waals surface area (Å²) in [7, 11) is 0. The van der Waals surface area contributed by atoms with Gasteiger partial charge in [0.25, 0.3) is 5.91 Å². The summed E-state index contributed by atoms with van der Waals surface area (Å²) < 4.78 is 4.73. The van der Waals surface area contributed by atoms with E-state index in [0.29, 0.717) is 11.6 Å². The fourth-order valence-corrected chi connectivity index (χ4v) is 2.78. The normalized spacial score (nSPS) is 14.6. The number of amides is 4. The first kappa shape index (κ1) is 18.7.